The summed E-state index contributed by atoms with van der Waals surface area (Å²) in [5.41, 5.74) is 4.26. The first-order chi connectivity index (χ1) is 18.5. The Balaban J connectivity index is 1.03. The van der Waals surface area contributed by atoms with Crippen LogP contribution in [-0.2, 0) is 9.59 Å². The number of anilines is 2. The van der Waals surface area contributed by atoms with E-state index in [0.717, 1.165) is 96.5 Å². The number of amides is 2. The Morgan fingerprint density at radius 2 is 1.42 bits per heavy atom. The quantitative estimate of drug-likeness (QED) is 0.315. The van der Waals surface area contributed by atoms with E-state index in [9.17, 15) is 9.59 Å². The molecule has 5 aliphatic carbocycles. The molecule has 3 N–H and O–H groups in total. The number of carbonyl (C=O) groups is 2. The number of imidazole rings is 1. The van der Waals surface area contributed by atoms with Gasteiger partial charge in [0.05, 0.1) is 16.4 Å². The van der Waals surface area contributed by atoms with E-state index in [2.05, 4.69) is 15.6 Å². The lowest BCUT2D eigenvalue weighted by atomic mass is 9.49. The predicted molar refractivity (Wildman–Crippen MR) is 151 cm³/mol. The van der Waals surface area contributed by atoms with Crippen molar-refractivity contribution in [1.29, 1.82) is 0 Å². The maximum absolute atomic E-state index is 13.5. The van der Waals surface area contributed by atoms with E-state index >= 15 is 0 Å². The van der Waals surface area contributed by atoms with Gasteiger partial charge in [0.1, 0.15) is 5.82 Å². The first-order valence-electron chi connectivity index (χ1n) is 14.8. The van der Waals surface area contributed by atoms with Crippen LogP contribution in [0.4, 0.5) is 11.4 Å². The summed E-state index contributed by atoms with van der Waals surface area (Å²) in [5.74, 6) is 3.53. The lowest BCUT2D eigenvalue weighted by Gasteiger charge is -2.55. The number of fused-ring (bicyclic) bond motifs is 1. The van der Waals surface area contributed by atoms with Gasteiger partial charge in [0, 0.05) is 22.9 Å². The molecule has 4 bridgehead atoms. The van der Waals surface area contributed by atoms with Crippen LogP contribution in [0.5, 0.6) is 0 Å². The molecule has 2 aromatic carbocycles. The van der Waals surface area contributed by atoms with Crippen molar-refractivity contribution < 1.29 is 9.59 Å². The number of aromatic amines is 1. The fraction of sp³-hybridized carbons (Fsp3) is 0.531. The summed E-state index contributed by atoms with van der Waals surface area (Å²) in [6, 6.07) is 13.9. The third kappa shape index (κ3) is 4.52. The summed E-state index contributed by atoms with van der Waals surface area (Å²) in [7, 11) is 0. The highest BCUT2D eigenvalue weighted by Crippen LogP contribution is 2.60. The molecule has 5 aliphatic rings. The monoisotopic (exact) mass is 510 g/mol. The number of hydrogen-bond donors (Lipinski definition) is 3. The molecule has 1 aromatic heterocycles. The second-order valence-corrected chi connectivity index (χ2v) is 12.7. The van der Waals surface area contributed by atoms with Gasteiger partial charge in [0.25, 0.3) is 0 Å². The zero-order valence-electron chi connectivity index (χ0n) is 22.1. The second kappa shape index (κ2) is 9.55. The first kappa shape index (κ1) is 23.9. The molecular weight excluding hydrogens is 472 g/mol. The van der Waals surface area contributed by atoms with Gasteiger partial charge >= 0.3 is 0 Å². The average molecular weight is 511 g/mol. The van der Waals surface area contributed by atoms with E-state index in [4.69, 9.17) is 4.98 Å². The third-order valence-corrected chi connectivity index (χ3v) is 9.91. The zero-order chi connectivity index (χ0) is 25.7. The molecule has 0 unspecified atom stereocenters. The minimum atomic E-state index is -0.157. The number of rotatable bonds is 5. The van der Waals surface area contributed by atoms with Crippen LogP contribution in [0.1, 0.15) is 77.0 Å². The molecule has 198 valence electrons. The van der Waals surface area contributed by atoms with Crippen LogP contribution in [0.15, 0.2) is 42.5 Å². The third-order valence-electron chi connectivity index (χ3n) is 9.91. The molecule has 5 saturated carbocycles. The van der Waals surface area contributed by atoms with Crippen LogP contribution < -0.4 is 10.6 Å². The van der Waals surface area contributed by atoms with Crippen molar-refractivity contribution >= 4 is 34.2 Å². The standard InChI is InChI=1S/C32H38N4O2/c37-30(24-5-3-1-2-4-6-24)33-25-9-7-23(8-10-25)29-35-27-12-11-26(16-28(27)36-29)34-31(38)32-17-20-13-21(18-32)15-22(14-20)19-32/h7-12,16,20-22,24H,1-6,13-15,17-19H2,(H,33,37)(H,34,38)(H,35,36). The molecule has 0 spiro atoms. The highest BCUT2D eigenvalue weighted by atomic mass is 16.2. The van der Waals surface area contributed by atoms with Gasteiger partial charge in [-0.15, -0.1) is 0 Å². The summed E-state index contributed by atoms with van der Waals surface area (Å²) in [6.07, 6.45) is 14.0. The molecule has 1 heterocycles. The Bertz CT molecular complexity index is 1310. The van der Waals surface area contributed by atoms with Crippen molar-refractivity contribution in [3.8, 4) is 11.4 Å². The van der Waals surface area contributed by atoms with Gasteiger partial charge in [-0.25, -0.2) is 4.98 Å². The largest absolute Gasteiger partial charge is 0.338 e. The van der Waals surface area contributed by atoms with Gasteiger partial charge in [0.15, 0.2) is 0 Å². The number of nitrogens with one attached hydrogen (secondary N) is 3. The summed E-state index contributed by atoms with van der Waals surface area (Å²) < 4.78 is 0. The highest BCUT2D eigenvalue weighted by molar-refractivity contribution is 5.97. The first-order valence-corrected chi connectivity index (χ1v) is 14.8. The number of nitrogens with zero attached hydrogens (tertiary/aromatic N) is 1. The zero-order valence-corrected chi connectivity index (χ0v) is 22.1. The second-order valence-electron chi connectivity index (χ2n) is 12.7. The average Bonchev–Trinajstić information content (AvgIpc) is 3.12. The summed E-state index contributed by atoms with van der Waals surface area (Å²) in [6.45, 7) is 0. The molecular formula is C32H38N4O2. The summed E-state index contributed by atoms with van der Waals surface area (Å²) in [5, 5.41) is 6.38. The molecule has 8 rings (SSSR count). The molecule has 38 heavy (non-hydrogen) atoms. The smallest absolute Gasteiger partial charge is 0.230 e. The Hall–Kier alpha value is -3.15. The fourth-order valence-electron chi connectivity index (χ4n) is 8.37. The minimum absolute atomic E-state index is 0.130. The van der Waals surface area contributed by atoms with Crippen molar-refractivity contribution in [2.24, 2.45) is 29.1 Å². The molecule has 0 radical (unpaired) electrons. The predicted octanol–water partition coefficient (Wildman–Crippen LogP) is 7.29. The number of carbonyl (C=O) groups excluding carboxylic acids is 2. The fourth-order valence-corrected chi connectivity index (χ4v) is 8.37. The molecule has 0 aliphatic heterocycles. The van der Waals surface area contributed by atoms with E-state index in [1.54, 1.807) is 0 Å². The van der Waals surface area contributed by atoms with Crippen molar-refractivity contribution in [3.63, 3.8) is 0 Å². The number of hydrogen-bond acceptors (Lipinski definition) is 3. The Morgan fingerprint density at radius 3 is 2.08 bits per heavy atom. The minimum Gasteiger partial charge on any atom is -0.338 e. The molecule has 0 atom stereocenters. The SMILES string of the molecule is O=C(Nc1ccc(-c2nc3ccc(NC(=O)C45CC6CC(CC(C6)C4)C5)cc3[nH]2)cc1)C1CCCCCC1. The van der Waals surface area contributed by atoms with Crippen LogP contribution >= 0.6 is 0 Å². The van der Waals surface area contributed by atoms with Crippen LogP contribution in [-0.4, -0.2) is 21.8 Å². The molecule has 0 saturated heterocycles. The van der Waals surface area contributed by atoms with Crippen LogP contribution in [0.2, 0.25) is 0 Å². The maximum atomic E-state index is 13.5. The van der Waals surface area contributed by atoms with E-state index in [1.165, 1.54) is 32.1 Å². The Kier molecular flexibility index (Phi) is 6.01. The van der Waals surface area contributed by atoms with Crippen molar-refractivity contribution in [1.82, 2.24) is 9.97 Å². The van der Waals surface area contributed by atoms with Crippen LogP contribution in [0, 0.1) is 29.1 Å². The Morgan fingerprint density at radius 1 is 0.789 bits per heavy atom. The van der Waals surface area contributed by atoms with Crippen molar-refractivity contribution in [2.75, 3.05) is 10.6 Å². The van der Waals surface area contributed by atoms with Gasteiger partial charge in [-0.05, 0) is 112 Å². The molecule has 6 heteroatoms. The van der Waals surface area contributed by atoms with Crippen molar-refractivity contribution in [2.45, 2.75) is 77.0 Å². The van der Waals surface area contributed by atoms with Gasteiger partial charge in [-0.1, -0.05) is 25.7 Å². The van der Waals surface area contributed by atoms with Gasteiger partial charge < -0.3 is 15.6 Å². The number of aromatic nitrogens is 2. The molecule has 6 nitrogen and oxygen atoms in total. The lowest BCUT2D eigenvalue weighted by molar-refractivity contribution is -0.140. The van der Waals surface area contributed by atoms with E-state index in [1.807, 2.05) is 42.5 Å². The number of benzene rings is 2. The van der Waals surface area contributed by atoms with Crippen molar-refractivity contribution in [3.05, 3.63) is 42.5 Å². The highest BCUT2D eigenvalue weighted by Gasteiger charge is 2.54. The van der Waals surface area contributed by atoms with E-state index in [-0.39, 0.29) is 23.1 Å². The van der Waals surface area contributed by atoms with Gasteiger partial charge in [-0.3, -0.25) is 9.59 Å². The van der Waals surface area contributed by atoms with Crippen LogP contribution in [0.3, 0.4) is 0 Å². The van der Waals surface area contributed by atoms with E-state index in [0.29, 0.717) is 0 Å². The summed E-state index contributed by atoms with van der Waals surface area (Å²) >= 11 is 0. The molecule has 3 aromatic rings. The topological polar surface area (TPSA) is 86.9 Å². The normalized spacial score (nSPS) is 28.8. The molecule has 5 fully saturated rings. The molecule has 2 amide bonds. The van der Waals surface area contributed by atoms with Gasteiger partial charge in [-0.2, -0.15) is 0 Å². The summed E-state index contributed by atoms with van der Waals surface area (Å²) in [4.78, 5) is 34.4. The Labute approximate surface area is 224 Å². The lowest BCUT2D eigenvalue weighted by Crippen LogP contribution is -2.51. The maximum Gasteiger partial charge on any atom is 0.230 e. The van der Waals surface area contributed by atoms with Crippen LogP contribution in [0.25, 0.3) is 22.4 Å². The number of H-pyrrole nitrogens is 1. The van der Waals surface area contributed by atoms with Gasteiger partial charge in [0.2, 0.25) is 11.8 Å². The van der Waals surface area contributed by atoms with E-state index < -0.39 is 0 Å².